The molecule has 6 heteroatoms. The molecular formula is C82H84BN3OS. The van der Waals surface area contributed by atoms with E-state index in [1.54, 1.807) is 0 Å². The molecule has 0 bridgehead atoms. The number of benzene rings is 9. The van der Waals surface area contributed by atoms with E-state index in [9.17, 15) is 0 Å². The van der Waals surface area contributed by atoms with E-state index in [-0.39, 0.29) is 44.7 Å². The van der Waals surface area contributed by atoms with Gasteiger partial charge < -0.3 is 19.1 Å². The molecule has 5 heterocycles. The Morgan fingerprint density at radius 3 is 1.81 bits per heavy atom. The quantitative estimate of drug-likeness (QED) is 0.164. The highest BCUT2D eigenvalue weighted by atomic mass is 32.1. The molecular weight excluding hydrogens is 1090 g/mol. The molecule has 0 N–H and O–H groups in total. The Kier molecular flexibility index (Phi) is 11.7. The van der Waals surface area contributed by atoms with Crippen molar-refractivity contribution in [1.82, 2.24) is 0 Å². The largest absolute Gasteiger partial charge is 0.454 e. The average molecular weight is 1170 g/mol. The van der Waals surface area contributed by atoms with Crippen LogP contribution in [0.25, 0.3) is 53.2 Å². The molecule has 16 rings (SSSR count). The maximum Gasteiger partial charge on any atom is 0.252 e. The summed E-state index contributed by atoms with van der Waals surface area (Å²) in [4.78, 5) is 8.33. The molecule has 2 atom stereocenters. The first kappa shape index (κ1) is 55.8. The summed E-state index contributed by atoms with van der Waals surface area (Å²) in [6.45, 7) is 36.3. The molecule has 5 aliphatic rings. The van der Waals surface area contributed by atoms with Crippen molar-refractivity contribution >= 4 is 122 Å². The van der Waals surface area contributed by atoms with Crippen molar-refractivity contribution in [3.05, 3.63) is 197 Å². The zero-order valence-electron chi connectivity index (χ0n) is 54.6. The van der Waals surface area contributed by atoms with Crippen molar-refractivity contribution in [1.29, 1.82) is 0 Å². The lowest BCUT2D eigenvalue weighted by Crippen LogP contribution is -2.62. The summed E-state index contributed by atoms with van der Waals surface area (Å²) >= 11 is 1.92. The van der Waals surface area contributed by atoms with Crippen molar-refractivity contribution in [2.75, 3.05) is 14.7 Å². The lowest BCUT2D eigenvalue weighted by atomic mass is 9.33. The second-order valence-electron chi connectivity index (χ2n) is 31.9. The third kappa shape index (κ3) is 7.88. The fraction of sp³-hybridized carbons (Fsp3) is 0.341. The van der Waals surface area contributed by atoms with Gasteiger partial charge in [-0.05, 0) is 182 Å². The van der Waals surface area contributed by atoms with Crippen molar-refractivity contribution in [3.63, 3.8) is 0 Å². The molecule has 0 amide bonds. The monoisotopic (exact) mass is 1170 g/mol. The van der Waals surface area contributed by atoms with Crippen LogP contribution < -0.4 is 31.1 Å². The highest BCUT2D eigenvalue weighted by Gasteiger charge is 2.59. The SMILES string of the molecule is CC(C)(C)c1ccc(N2c3cc(N4c5ccc(C(C)(C)C)cc5C5(C)CCCCC45C)cc4c3B(c3cc5c(cc3N4c3cccc4sc6ccccc6c34)C(C)(C)CCC5(C)C)c3ccc4c(oc5ccc(C(C)(C)C)cc54)c32)c(-c2ccccc2)c1. The Morgan fingerprint density at radius 2 is 1.08 bits per heavy atom. The molecule has 4 nitrogen and oxygen atoms in total. The maximum absolute atomic E-state index is 7.61. The zero-order valence-corrected chi connectivity index (χ0v) is 55.4. The Balaban J connectivity index is 1.11. The van der Waals surface area contributed by atoms with Crippen molar-refractivity contribution < 1.29 is 4.42 Å². The third-order valence-electron chi connectivity index (χ3n) is 22.5. The summed E-state index contributed by atoms with van der Waals surface area (Å²) in [6, 6.07) is 65.0. The van der Waals surface area contributed by atoms with Crippen LogP contribution in [0.3, 0.4) is 0 Å². The summed E-state index contributed by atoms with van der Waals surface area (Å²) in [5.41, 5.74) is 25.9. The van der Waals surface area contributed by atoms with Crippen molar-refractivity contribution in [2.24, 2.45) is 0 Å². The lowest BCUT2D eigenvalue weighted by Gasteiger charge is -2.51. The molecule has 11 aromatic rings. The van der Waals surface area contributed by atoms with Gasteiger partial charge in [-0.3, -0.25) is 0 Å². The molecule has 0 radical (unpaired) electrons. The van der Waals surface area contributed by atoms with E-state index in [2.05, 4.69) is 282 Å². The third-order valence-corrected chi connectivity index (χ3v) is 23.7. The van der Waals surface area contributed by atoms with Crippen LogP contribution in [0.15, 0.2) is 168 Å². The predicted molar refractivity (Wildman–Crippen MR) is 380 cm³/mol. The van der Waals surface area contributed by atoms with E-state index in [0.717, 1.165) is 59.0 Å². The van der Waals surface area contributed by atoms with Gasteiger partial charge in [0, 0.05) is 70.4 Å². The zero-order chi connectivity index (χ0) is 61.1. The van der Waals surface area contributed by atoms with Crippen molar-refractivity contribution in [3.8, 4) is 11.1 Å². The fourth-order valence-electron chi connectivity index (χ4n) is 17.1. The summed E-state index contributed by atoms with van der Waals surface area (Å²) in [5, 5.41) is 4.93. The first-order valence-electron chi connectivity index (χ1n) is 32.8. The van der Waals surface area contributed by atoms with Crippen LogP contribution >= 0.6 is 11.3 Å². The van der Waals surface area contributed by atoms with Crippen LogP contribution in [0.2, 0.25) is 0 Å². The van der Waals surface area contributed by atoms with E-state index in [1.807, 2.05) is 11.3 Å². The summed E-state index contributed by atoms with van der Waals surface area (Å²) in [6.07, 6.45) is 6.91. The van der Waals surface area contributed by atoms with E-state index >= 15 is 0 Å². The number of anilines is 8. The van der Waals surface area contributed by atoms with E-state index in [1.165, 1.54) is 128 Å². The van der Waals surface area contributed by atoms with Crippen molar-refractivity contribution in [2.45, 2.75) is 180 Å². The molecule has 88 heavy (non-hydrogen) atoms. The minimum atomic E-state index is -0.224. The Morgan fingerprint density at radius 1 is 0.455 bits per heavy atom. The molecule has 0 saturated heterocycles. The van der Waals surface area contributed by atoms with Gasteiger partial charge in [-0.15, -0.1) is 11.3 Å². The normalized spacial score (nSPS) is 20.1. The summed E-state index contributed by atoms with van der Waals surface area (Å²) in [5.74, 6) is 0. The Hall–Kier alpha value is -7.54. The van der Waals surface area contributed by atoms with E-state index in [4.69, 9.17) is 4.42 Å². The Labute approximate surface area is 526 Å². The molecule has 2 aromatic heterocycles. The number of rotatable bonds is 4. The number of thiophene rings is 1. The summed E-state index contributed by atoms with van der Waals surface area (Å²) in [7, 11) is 0. The van der Waals surface area contributed by atoms with Crippen LogP contribution in [-0.4, -0.2) is 12.3 Å². The van der Waals surface area contributed by atoms with Gasteiger partial charge in [0.15, 0.2) is 5.58 Å². The van der Waals surface area contributed by atoms with Gasteiger partial charge >= 0.3 is 0 Å². The maximum atomic E-state index is 7.61. The summed E-state index contributed by atoms with van der Waals surface area (Å²) < 4.78 is 10.2. The first-order valence-corrected chi connectivity index (χ1v) is 33.6. The van der Waals surface area contributed by atoms with E-state index < -0.39 is 0 Å². The van der Waals surface area contributed by atoms with Gasteiger partial charge in [-0.1, -0.05) is 207 Å². The molecule has 2 aliphatic carbocycles. The number of furan rings is 1. The predicted octanol–water partition coefficient (Wildman–Crippen LogP) is 21.7. The highest BCUT2D eigenvalue weighted by Crippen LogP contribution is 2.63. The van der Waals surface area contributed by atoms with Gasteiger partial charge in [0.1, 0.15) is 5.58 Å². The first-order chi connectivity index (χ1) is 41.7. The standard InChI is InChI=1S/C82H84BN3OS/c1-76(2,3)50-30-35-63(56(42-50)49-24-17-16-18-25-49)85-68-46-53(86-64-36-31-52(78(7,8)9)44-60(64)81(14)38-21-22-39-82(81,86)15)45-67-73(68)83(61-34-33-54-57-43-51(77(4,5)6)32-37-69(57)87-75(54)74(61)85)62-47-58-59(80(12,13)41-40-79(58,10)11)48-66(62)84(67)65-27-23-29-71-72(65)55-26-19-20-28-70(55)88-71/h16-20,23-37,42-48H,21-22,38-41H2,1-15H3. The smallest absolute Gasteiger partial charge is 0.252 e. The minimum Gasteiger partial charge on any atom is -0.454 e. The van der Waals surface area contributed by atoms with Gasteiger partial charge in [-0.2, -0.15) is 0 Å². The molecule has 1 saturated carbocycles. The van der Waals surface area contributed by atoms with Gasteiger partial charge in [-0.25, -0.2) is 0 Å². The molecule has 2 unspecified atom stereocenters. The molecule has 1 fully saturated rings. The lowest BCUT2D eigenvalue weighted by molar-refractivity contribution is 0.195. The van der Waals surface area contributed by atoms with E-state index in [0.29, 0.717) is 0 Å². The minimum absolute atomic E-state index is 0.00177. The molecule has 9 aromatic carbocycles. The second-order valence-corrected chi connectivity index (χ2v) is 33.0. The molecule has 0 spiro atoms. The van der Waals surface area contributed by atoms with Gasteiger partial charge in [0.05, 0.1) is 22.6 Å². The van der Waals surface area contributed by atoms with Gasteiger partial charge in [0.2, 0.25) is 0 Å². The van der Waals surface area contributed by atoms with Crippen LogP contribution in [0.5, 0.6) is 0 Å². The van der Waals surface area contributed by atoms with Crippen LogP contribution in [0.4, 0.5) is 45.5 Å². The fourth-order valence-corrected chi connectivity index (χ4v) is 18.2. The topological polar surface area (TPSA) is 22.9 Å². The highest BCUT2D eigenvalue weighted by molar-refractivity contribution is 7.26. The number of hydrogen-bond donors (Lipinski definition) is 0. The van der Waals surface area contributed by atoms with Gasteiger partial charge in [0.25, 0.3) is 6.71 Å². The number of fused-ring (bicyclic) bond motifs is 15. The second kappa shape index (κ2) is 18.5. The average Bonchev–Trinajstić information content (AvgIpc) is 1.54. The Bertz CT molecular complexity index is 4770. The van der Waals surface area contributed by atoms with Crippen LogP contribution in [0, 0.1) is 0 Å². The number of nitrogens with zero attached hydrogens (tertiary/aromatic N) is 3. The van der Waals surface area contributed by atoms with Crippen LogP contribution in [-0.2, 0) is 32.5 Å². The number of hydrogen-bond acceptors (Lipinski definition) is 5. The molecule has 3 aliphatic heterocycles. The molecule has 442 valence electrons. The van der Waals surface area contributed by atoms with Crippen LogP contribution in [0.1, 0.15) is 176 Å².